The average molecular weight is 275 g/mol. The average Bonchev–Trinajstić information content (AvgIpc) is 2.78. The molecule has 0 N–H and O–H groups in total. The van der Waals surface area contributed by atoms with Gasteiger partial charge in [0.1, 0.15) is 0 Å². The molecule has 20 heavy (non-hydrogen) atoms. The molecule has 0 radical (unpaired) electrons. The molecule has 1 saturated heterocycles. The second-order valence-corrected chi connectivity index (χ2v) is 5.16. The molecule has 0 saturated carbocycles. The second kappa shape index (κ2) is 7.20. The minimum Gasteiger partial charge on any atom is -0.466 e. The van der Waals surface area contributed by atoms with Crippen molar-refractivity contribution in [2.45, 2.75) is 26.3 Å². The maximum Gasteiger partial charge on any atom is 0.305 e. The van der Waals surface area contributed by atoms with Crippen LogP contribution in [0.15, 0.2) is 30.3 Å². The number of hydrogen-bond donors (Lipinski definition) is 0. The van der Waals surface area contributed by atoms with Crippen LogP contribution in [0.5, 0.6) is 0 Å². The van der Waals surface area contributed by atoms with Gasteiger partial charge < -0.3 is 4.74 Å². The predicted octanol–water partition coefficient (Wildman–Crippen LogP) is 2.03. The molecule has 1 aromatic carbocycles. The van der Waals surface area contributed by atoms with Crippen LogP contribution in [0.2, 0.25) is 0 Å². The zero-order chi connectivity index (χ0) is 14.4. The van der Waals surface area contributed by atoms with Gasteiger partial charge in [0.25, 0.3) is 0 Å². The van der Waals surface area contributed by atoms with Crippen LogP contribution < -0.4 is 0 Å². The molecule has 1 fully saturated rings. The molecule has 1 aliphatic rings. The van der Waals surface area contributed by atoms with E-state index in [2.05, 4.69) is 17.0 Å². The Morgan fingerprint density at radius 3 is 2.80 bits per heavy atom. The van der Waals surface area contributed by atoms with Gasteiger partial charge >= 0.3 is 5.97 Å². The lowest BCUT2D eigenvalue weighted by molar-refractivity contribution is -0.143. The van der Waals surface area contributed by atoms with E-state index >= 15 is 0 Å². The summed E-state index contributed by atoms with van der Waals surface area (Å²) in [5.41, 5.74) is 1.21. The Kier molecular flexibility index (Phi) is 5.30. The minimum absolute atomic E-state index is 0.0249. The summed E-state index contributed by atoms with van der Waals surface area (Å²) in [5.74, 6) is 0.00940. The number of hydrogen-bond acceptors (Lipinski definition) is 4. The van der Waals surface area contributed by atoms with Crippen molar-refractivity contribution in [2.75, 3.05) is 19.7 Å². The fourth-order valence-electron chi connectivity index (χ4n) is 2.57. The molecule has 1 aromatic rings. The van der Waals surface area contributed by atoms with E-state index in [0.29, 0.717) is 26.0 Å². The maximum absolute atomic E-state index is 12.0. The van der Waals surface area contributed by atoms with Gasteiger partial charge in [-0.15, -0.1) is 0 Å². The summed E-state index contributed by atoms with van der Waals surface area (Å²) in [6.07, 6.45) is 0.937. The first kappa shape index (κ1) is 14.7. The highest BCUT2D eigenvalue weighted by molar-refractivity contribution is 5.85. The zero-order valence-corrected chi connectivity index (χ0v) is 11.9. The van der Waals surface area contributed by atoms with Crippen molar-refractivity contribution >= 4 is 11.8 Å². The summed E-state index contributed by atoms with van der Waals surface area (Å²) < 4.78 is 4.90. The molecule has 2 rings (SSSR count). The lowest BCUT2D eigenvalue weighted by Gasteiger charge is -2.14. The van der Waals surface area contributed by atoms with E-state index in [0.717, 1.165) is 13.1 Å². The number of ether oxygens (including phenoxy) is 1. The van der Waals surface area contributed by atoms with Crippen LogP contribution in [0.25, 0.3) is 0 Å². The fourth-order valence-corrected chi connectivity index (χ4v) is 2.57. The SMILES string of the molecule is CCOC(=O)CCC1CN(Cc2ccccc2)CC1=O. The fraction of sp³-hybridized carbons (Fsp3) is 0.500. The van der Waals surface area contributed by atoms with E-state index in [1.165, 1.54) is 5.56 Å². The normalized spacial score (nSPS) is 19.2. The highest BCUT2D eigenvalue weighted by Crippen LogP contribution is 2.20. The molecule has 108 valence electrons. The first-order valence-corrected chi connectivity index (χ1v) is 7.13. The van der Waals surface area contributed by atoms with Crippen molar-refractivity contribution in [3.05, 3.63) is 35.9 Å². The molecule has 0 aromatic heterocycles. The van der Waals surface area contributed by atoms with Gasteiger partial charge in [0.15, 0.2) is 5.78 Å². The van der Waals surface area contributed by atoms with Crippen molar-refractivity contribution in [3.8, 4) is 0 Å². The number of nitrogens with zero attached hydrogens (tertiary/aromatic N) is 1. The van der Waals surface area contributed by atoms with E-state index in [4.69, 9.17) is 4.74 Å². The quantitative estimate of drug-likeness (QED) is 0.745. The summed E-state index contributed by atoms with van der Waals surface area (Å²) in [7, 11) is 0. The first-order valence-electron chi connectivity index (χ1n) is 7.13. The van der Waals surface area contributed by atoms with Gasteiger partial charge in [-0.1, -0.05) is 30.3 Å². The van der Waals surface area contributed by atoms with Gasteiger partial charge in [-0.25, -0.2) is 0 Å². The third-order valence-corrected chi connectivity index (χ3v) is 3.56. The minimum atomic E-state index is -0.207. The van der Waals surface area contributed by atoms with E-state index < -0.39 is 0 Å². The van der Waals surface area contributed by atoms with E-state index in [1.54, 1.807) is 6.92 Å². The highest BCUT2D eigenvalue weighted by atomic mass is 16.5. The molecule has 1 heterocycles. The van der Waals surface area contributed by atoms with E-state index in [1.807, 2.05) is 18.2 Å². The Morgan fingerprint density at radius 2 is 2.10 bits per heavy atom. The molecule has 1 unspecified atom stereocenters. The number of likely N-dealkylation sites (tertiary alicyclic amines) is 1. The van der Waals surface area contributed by atoms with Crippen LogP contribution in [0.4, 0.5) is 0 Å². The summed E-state index contributed by atoms with van der Waals surface area (Å²) in [6.45, 7) is 4.22. The Bertz CT molecular complexity index is 458. The number of esters is 1. The lowest BCUT2D eigenvalue weighted by Crippen LogP contribution is -2.20. The number of Topliss-reactive ketones (excluding diaryl/α,β-unsaturated/α-hetero) is 1. The topological polar surface area (TPSA) is 46.6 Å². The van der Waals surface area contributed by atoms with Gasteiger partial charge in [0.2, 0.25) is 0 Å². The molecule has 1 atom stereocenters. The largest absolute Gasteiger partial charge is 0.466 e. The standard InChI is InChI=1S/C16H21NO3/c1-2-20-16(19)9-8-14-11-17(12-15(14)18)10-13-6-4-3-5-7-13/h3-7,14H,2,8-12H2,1H3. The van der Waals surface area contributed by atoms with Crippen molar-refractivity contribution in [1.82, 2.24) is 4.90 Å². The van der Waals surface area contributed by atoms with Crippen molar-refractivity contribution < 1.29 is 14.3 Å². The van der Waals surface area contributed by atoms with Gasteiger partial charge in [-0.2, -0.15) is 0 Å². The molecular formula is C16H21NO3. The molecule has 0 bridgehead atoms. The zero-order valence-electron chi connectivity index (χ0n) is 11.9. The molecule has 1 aliphatic heterocycles. The first-order chi connectivity index (χ1) is 9.69. The molecule has 0 aliphatic carbocycles. The predicted molar refractivity (Wildman–Crippen MR) is 76.1 cm³/mol. The Labute approximate surface area is 119 Å². The van der Waals surface area contributed by atoms with Crippen LogP contribution >= 0.6 is 0 Å². The van der Waals surface area contributed by atoms with E-state index in [9.17, 15) is 9.59 Å². The van der Waals surface area contributed by atoms with Crippen LogP contribution in [-0.2, 0) is 20.9 Å². The Balaban J connectivity index is 1.80. The van der Waals surface area contributed by atoms with Crippen molar-refractivity contribution in [1.29, 1.82) is 0 Å². The van der Waals surface area contributed by atoms with Gasteiger partial charge in [0, 0.05) is 25.4 Å². The second-order valence-electron chi connectivity index (χ2n) is 5.16. The third kappa shape index (κ3) is 4.17. The lowest BCUT2D eigenvalue weighted by atomic mass is 10.0. The summed E-state index contributed by atoms with van der Waals surface area (Å²) in [5, 5.41) is 0. The third-order valence-electron chi connectivity index (χ3n) is 3.56. The summed E-state index contributed by atoms with van der Waals surface area (Å²) >= 11 is 0. The van der Waals surface area contributed by atoms with Gasteiger partial charge in [-0.3, -0.25) is 14.5 Å². The van der Waals surface area contributed by atoms with Crippen LogP contribution in [0, 0.1) is 5.92 Å². The number of benzene rings is 1. The van der Waals surface area contributed by atoms with Crippen molar-refractivity contribution in [2.24, 2.45) is 5.92 Å². The summed E-state index contributed by atoms with van der Waals surface area (Å²) in [4.78, 5) is 25.4. The molecule has 4 nitrogen and oxygen atoms in total. The molecular weight excluding hydrogens is 254 g/mol. The molecule has 0 spiro atoms. The van der Waals surface area contributed by atoms with Crippen LogP contribution in [0.1, 0.15) is 25.3 Å². The van der Waals surface area contributed by atoms with Gasteiger partial charge in [-0.05, 0) is 18.9 Å². The summed E-state index contributed by atoms with van der Waals surface area (Å²) in [6, 6.07) is 10.1. The Morgan fingerprint density at radius 1 is 1.35 bits per heavy atom. The van der Waals surface area contributed by atoms with Crippen LogP contribution in [-0.4, -0.2) is 36.3 Å². The number of ketones is 1. The molecule has 0 amide bonds. The Hall–Kier alpha value is -1.68. The maximum atomic E-state index is 12.0. The number of carbonyl (C=O) groups excluding carboxylic acids is 2. The monoisotopic (exact) mass is 275 g/mol. The van der Waals surface area contributed by atoms with Gasteiger partial charge in [0.05, 0.1) is 13.2 Å². The highest BCUT2D eigenvalue weighted by Gasteiger charge is 2.30. The number of rotatable bonds is 6. The number of carbonyl (C=O) groups is 2. The van der Waals surface area contributed by atoms with Crippen LogP contribution in [0.3, 0.4) is 0 Å². The molecule has 4 heteroatoms. The van der Waals surface area contributed by atoms with Crippen molar-refractivity contribution in [3.63, 3.8) is 0 Å². The smallest absolute Gasteiger partial charge is 0.305 e. The van der Waals surface area contributed by atoms with E-state index in [-0.39, 0.29) is 17.7 Å².